The molecule has 3 rings (SSSR count). The zero-order valence-corrected chi connectivity index (χ0v) is 14.7. The Kier molecular flexibility index (Phi) is 4.21. The lowest BCUT2D eigenvalue weighted by molar-refractivity contribution is 0.707. The van der Waals surface area contributed by atoms with E-state index in [4.69, 9.17) is 0 Å². The van der Waals surface area contributed by atoms with E-state index in [0.29, 0.717) is 0 Å². The third-order valence-corrected chi connectivity index (χ3v) is 6.53. The first-order valence-electron chi connectivity index (χ1n) is 6.16. The number of pyridine rings is 1. The summed E-state index contributed by atoms with van der Waals surface area (Å²) >= 11 is 8.85. The predicted molar refractivity (Wildman–Crippen MR) is 92.4 cm³/mol. The molecule has 0 amide bonds. The molecule has 2 nitrogen and oxygen atoms in total. The number of benzene rings is 1. The van der Waals surface area contributed by atoms with E-state index in [1.165, 1.54) is 15.8 Å². The van der Waals surface area contributed by atoms with Crippen LogP contribution in [0.1, 0.15) is 16.5 Å². The van der Waals surface area contributed by atoms with Gasteiger partial charge in [-0.1, -0.05) is 24.3 Å². The van der Waals surface area contributed by atoms with E-state index in [1.807, 2.05) is 19.3 Å². The molecule has 1 N–H and O–H groups in total. The Morgan fingerprint density at radius 2 is 2.00 bits per heavy atom. The lowest BCUT2D eigenvalue weighted by atomic mass is 10.0. The summed E-state index contributed by atoms with van der Waals surface area (Å²) < 4.78 is 2.20. The summed E-state index contributed by atoms with van der Waals surface area (Å²) in [6.45, 7) is 0. The first-order chi connectivity index (χ1) is 9.70. The number of halogens is 2. The highest BCUT2D eigenvalue weighted by atomic mass is 79.9. The Labute approximate surface area is 138 Å². The average molecular weight is 412 g/mol. The highest BCUT2D eigenvalue weighted by Crippen LogP contribution is 2.38. The quantitative estimate of drug-likeness (QED) is 0.646. The van der Waals surface area contributed by atoms with Gasteiger partial charge in [0.05, 0.1) is 15.3 Å². The Bertz CT molecular complexity index is 730. The number of aromatic nitrogens is 1. The first kappa shape index (κ1) is 14.2. The van der Waals surface area contributed by atoms with Crippen molar-refractivity contribution in [3.8, 4) is 0 Å². The molecule has 0 bridgehead atoms. The number of hydrogen-bond acceptors (Lipinski definition) is 3. The smallest absolute Gasteiger partial charge is 0.0843 e. The van der Waals surface area contributed by atoms with E-state index in [-0.39, 0.29) is 6.04 Å². The largest absolute Gasteiger partial charge is 0.309 e. The number of thiophene rings is 1. The molecule has 0 aliphatic heterocycles. The Morgan fingerprint density at radius 1 is 1.20 bits per heavy atom. The van der Waals surface area contributed by atoms with Gasteiger partial charge in [-0.05, 0) is 51.0 Å². The van der Waals surface area contributed by atoms with E-state index in [1.54, 1.807) is 11.3 Å². The fourth-order valence-corrected chi connectivity index (χ4v) is 4.54. The van der Waals surface area contributed by atoms with Crippen molar-refractivity contribution in [2.45, 2.75) is 6.04 Å². The molecular weight excluding hydrogens is 400 g/mol. The Morgan fingerprint density at radius 3 is 2.70 bits per heavy atom. The minimum absolute atomic E-state index is 0.140. The van der Waals surface area contributed by atoms with Crippen molar-refractivity contribution in [3.63, 3.8) is 0 Å². The highest BCUT2D eigenvalue weighted by molar-refractivity contribution is 9.13. The molecule has 0 fully saturated rings. The van der Waals surface area contributed by atoms with Crippen LogP contribution in [0.15, 0.2) is 50.9 Å². The number of para-hydroxylation sites is 1. The predicted octanol–water partition coefficient (Wildman–Crippen LogP) is 5.13. The summed E-state index contributed by atoms with van der Waals surface area (Å²) in [4.78, 5) is 5.80. The van der Waals surface area contributed by atoms with Gasteiger partial charge in [0.1, 0.15) is 0 Å². The van der Waals surface area contributed by atoms with Gasteiger partial charge >= 0.3 is 0 Å². The molecule has 0 aliphatic carbocycles. The highest BCUT2D eigenvalue weighted by Gasteiger charge is 2.18. The molecule has 3 aromatic rings. The Balaban J connectivity index is 2.16. The first-order valence-corrected chi connectivity index (χ1v) is 8.56. The van der Waals surface area contributed by atoms with E-state index in [9.17, 15) is 0 Å². The van der Waals surface area contributed by atoms with Crippen LogP contribution in [0.25, 0.3) is 10.9 Å². The molecule has 0 saturated heterocycles. The van der Waals surface area contributed by atoms with Crippen molar-refractivity contribution in [2.75, 3.05) is 7.05 Å². The molecule has 2 aromatic heterocycles. The third kappa shape index (κ3) is 2.55. The van der Waals surface area contributed by atoms with Gasteiger partial charge in [0.25, 0.3) is 0 Å². The van der Waals surface area contributed by atoms with Gasteiger partial charge in [-0.25, -0.2) is 0 Å². The zero-order valence-electron chi connectivity index (χ0n) is 10.7. The van der Waals surface area contributed by atoms with Gasteiger partial charge < -0.3 is 5.32 Å². The summed E-state index contributed by atoms with van der Waals surface area (Å²) in [5, 5.41) is 4.56. The molecule has 102 valence electrons. The third-order valence-electron chi connectivity index (χ3n) is 3.21. The summed E-state index contributed by atoms with van der Waals surface area (Å²) in [5.74, 6) is 0. The molecule has 2 heterocycles. The van der Waals surface area contributed by atoms with Crippen molar-refractivity contribution in [3.05, 3.63) is 61.3 Å². The number of nitrogens with zero attached hydrogens (tertiary/aromatic N) is 1. The second kappa shape index (κ2) is 5.93. The second-order valence-electron chi connectivity index (χ2n) is 4.41. The summed E-state index contributed by atoms with van der Waals surface area (Å²) in [6.07, 6.45) is 1.85. The van der Waals surface area contributed by atoms with Gasteiger partial charge in [0, 0.05) is 26.5 Å². The fourth-order valence-electron chi connectivity index (χ4n) is 2.32. The number of rotatable bonds is 3. The van der Waals surface area contributed by atoms with Gasteiger partial charge in [-0.3, -0.25) is 4.98 Å². The van der Waals surface area contributed by atoms with Crippen LogP contribution >= 0.6 is 43.2 Å². The number of hydrogen-bond donors (Lipinski definition) is 1. The topological polar surface area (TPSA) is 24.9 Å². The maximum absolute atomic E-state index is 4.55. The summed E-state index contributed by atoms with van der Waals surface area (Å²) in [6, 6.07) is 12.7. The standard InChI is InChI=1S/C15H12Br2N2S/c1-18-14(12-8-11(16)15(17)20-12)10-6-2-4-9-5-3-7-19-13(9)10/h2-8,14,18H,1H3. The number of nitrogens with one attached hydrogen (secondary N) is 1. The molecule has 0 radical (unpaired) electrons. The van der Waals surface area contributed by atoms with Crippen LogP contribution in [-0.4, -0.2) is 12.0 Å². The second-order valence-corrected chi connectivity index (χ2v) is 7.67. The van der Waals surface area contributed by atoms with Crippen LogP contribution in [0.2, 0.25) is 0 Å². The zero-order chi connectivity index (χ0) is 14.1. The van der Waals surface area contributed by atoms with Gasteiger partial charge in [-0.2, -0.15) is 0 Å². The van der Waals surface area contributed by atoms with E-state index in [0.717, 1.165) is 13.8 Å². The maximum atomic E-state index is 4.55. The minimum atomic E-state index is 0.140. The van der Waals surface area contributed by atoms with Crippen molar-refractivity contribution >= 4 is 54.1 Å². The van der Waals surface area contributed by atoms with Crippen LogP contribution in [0, 0.1) is 0 Å². The van der Waals surface area contributed by atoms with Crippen molar-refractivity contribution in [1.29, 1.82) is 0 Å². The summed E-state index contributed by atoms with van der Waals surface area (Å²) in [7, 11) is 1.98. The van der Waals surface area contributed by atoms with Crippen LogP contribution < -0.4 is 5.32 Å². The lowest BCUT2D eigenvalue weighted by Gasteiger charge is -2.16. The normalized spacial score (nSPS) is 12.8. The molecule has 0 aliphatic rings. The lowest BCUT2D eigenvalue weighted by Crippen LogP contribution is -2.17. The molecule has 1 unspecified atom stereocenters. The van der Waals surface area contributed by atoms with Gasteiger partial charge in [0.2, 0.25) is 0 Å². The summed E-state index contributed by atoms with van der Waals surface area (Å²) in [5.41, 5.74) is 2.25. The molecule has 5 heteroatoms. The van der Waals surface area contributed by atoms with Crippen LogP contribution in [-0.2, 0) is 0 Å². The molecule has 1 aromatic carbocycles. The molecule has 0 spiro atoms. The van der Waals surface area contributed by atoms with Crippen LogP contribution in [0.4, 0.5) is 0 Å². The van der Waals surface area contributed by atoms with E-state index < -0.39 is 0 Å². The van der Waals surface area contributed by atoms with Crippen molar-refractivity contribution in [2.24, 2.45) is 0 Å². The average Bonchev–Trinajstić information content (AvgIpc) is 2.79. The van der Waals surface area contributed by atoms with Crippen molar-refractivity contribution < 1.29 is 0 Å². The maximum Gasteiger partial charge on any atom is 0.0843 e. The van der Waals surface area contributed by atoms with Crippen molar-refractivity contribution in [1.82, 2.24) is 10.3 Å². The minimum Gasteiger partial charge on any atom is -0.309 e. The number of fused-ring (bicyclic) bond motifs is 1. The van der Waals surface area contributed by atoms with E-state index >= 15 is 0 Å². The fraction of sp³-hybridized carbons (Fsp3) is 0.133. The molecule has 20 heavy (non-hydrogen) atoms. The Hall–Kier alpha value is -0.750. The SMILES string of the molecule is CNC(c1cc(Br)c(Br)s1)c1cccc2cccnc12. The van der Waals surface area contributed by atoms with E-state index in [2.05, 4.69) is 72.5 Å². The van der Waals surface area contributed by atoms with Crippen LogP contribution in [0.5, 0.6) is 0 Å². The van der Waals surface area contributed by atoms with Crippen LogP contribution in [0.3, 0.4) is 0 Å². The van der Waals surface area contributed by atoms with Gasteiger partial charge in [0.15, 0.2) is 0 Å². The molecule has 1 atom stereocenters. The molecular formula is C15H12Br2N2S. The monoisotopic (exact) mass is 410 g/mol. The molecule has 0 saturated carbocycles. The van der Waals surface area contributed by atoms with Gasteiger partial charge in [-0.15, -0.1) is 11.3 Å².